The van der Waals surface area contributed by atoms with E-state index in [1.165, 1.54) is 5.56 Å². The maximum absolute atomic E-state index is 13.4. The van der Waals surface area contributed by atoms with Crippen LogP contribution in [0.5, 0.6) is 0 Å². The third-order valence-electron chi connectivity index (χ3n) is 5.48. The summed E-state index contributed by atoms with van der Waals surface area (Å²) in [6.07, 6.45) is 0. The highest BCUT2D eigenvalue weighted by molar-refractivity contribution is 6.25. The maximum Gasteiger partial charge on any atom is 0.196 e. The average Bonchev–Trinajstić information content (AvgIpc) is 3.03. The van der Waals surface area contributed by atoms with Crippen LogP contribution < -0.4 is 10.6 Å². The molecule has 4 aromatic rings. The number of anilines is 4. The second-order valence-electron chi connectivity index (χ2n) is 7.77. The van der Waals surface area contributed by atoms with Gasteiger partial charge in [-0.05, 0) is 66.4 Å². The number of hydrogen-bond acceptors (Lipinski definition) is 3. The van der Waals surface area contributed by atoms with E-state index in [2.05, 4.69) is 54.8 Å². The minimum Gasteiger partial charge on any atom is -0.354 e. The van der Waals surface area contributed by atoms with Crippen molar-refractivity contribution in [1.82, 2.24) is 0 Å². The van der Waals surface area contributed by atoms with Crippen LogP contribution >= 0.6 is 0 Å². The van der Waals surface area contributed by atoms with Crippen LogP contribution in [0.3, 0.4) is 0 Å². The Balaban J connectivity index is 1.67. The Morgan fingerprint density at radius 1 is 0.600 bits per heavy atom. The summed E-state index contributed by atoms with van der Waals surface area (Å²) < 4.78 is 0. The van der Waals surface area contributed by atoms with Gasteiger partial charge >= 0.3 is 0 Å². The predicted molar refractivity (Wildman–Crippen MR) is 124 cm³/mol. The van der Waals surface area contributed by atoms with Gasteiger partial charge in [-0.1, -0.05) is 54.6 Å². The van der Waals surface area contributed by atoms with Crippen molar-refractivity contribution in [3.05, 3.63) is 107 Å². The molecule has 2 N–H and O–H groups in total. The van der Waals surface area contributed by atoms with E-state index >= 15 is 0 Å². The van der Waals surface area contributed by atoms with Crippen LogP contribution in [0.25, 0.3) is 11.1 Å². The molecule has 0 aromatic heterocycles. The van der Waals surface area contributed by atoms with Gasteiger partial charge in [0.05, 0.1) is 16.9 Å². The second kappa shape index (κ2) is 7.20. The number of aryl methyl sites for hydroxylation is 2. The highest BCUT2D eigenvalue weighted by atomic mass is 16.1. The first-order valence-corrected chi connectivity index (χ1v) is 10.1. The van der Waals surface area contributed by atoms with Crippen molar-refractivity contribution in [2.24, 2.45) is 0 Å². The molecule has 0 heterocycles. The van der Waals surface area contributed by atoms with Crippen molar-refractivity contribution in [3.8, 4) is 11.1 Å². The summed E-state index contributed by atoms with van der Waals surface area (Å²) in [5, 5.41) is 7.04. The Hall–Kier alpha value is -3.85. The fourth-order valence-electron chi connectivity index (χ4n) is 4.09. The molecule has 0 saturated carbocycles. The van der Waals surface area contributed by atoms with Gasteiger partial charge in [-0.2, -0.15) is 0 Å². The Labute approximate surface area is 176 Å². The summed E-state index contributed by atoms with van der Waals surface area (Å²) in [6.45, 7) is 4.13. The molecule has 3 heteroatoms. The topological polar surface area (TPSA) is 41.1 Å². The van der Waals surface area contributed by atoms with E-state index in [0.29, 0.717) is 0 Å². The standard InChI is InChI=1S/C27H22N2O/c1-17-7-5-9-19(15-17)28-24-14-13-22-21-11-3-4-12-23(21)27(30)25(22)26(24)29-20-10-6-8-18(2)16-20/h3-16,28-29H,1-2H3. The van der Waals surface area contributed by atoms with Gasteiger partial charge in [0.15, 0.2) is 5.78 Å². The lowest BCUT2D eigenvalue weighted by atomic mass is 10.0. The SMILES string of the molecule is Cc1cccc(Nc2ccc3c(c2Nc2cccc(C)c2)C(=O)c2ccccc2-3)c1. The Bertz CT molecular complexity index is 1290. The molecule has 0 bridgehead atoms. The first kappa shape index (κ1) is 18.2. The van der Waals surface area contributed by atoms with E-state index in [-0.39, 0.29) is 5.78 Å². The van der Waals surface area contributed by atoms with Gasteiger partial charge in [-0.3, -0.25) is 4.79 Å². The van der Waals surface area contributed by atoms with E-state index in [1.807, 2.05) is 54.6 Å². The molecule has 0 unspecified atom stereocenters. The van der Waals surface area contributed by atoms with Crippen molar-refractivity contribution >= 4 is 28.5 Å². The van der Waals surface area contributed by atoms with Gasteiger partial charge in [0, 0.05) is 16.9 Å². The van der Waals surface area contributed by atoms with Gasteiger partial charge in [-0.25, -0.2) is 0 Å². The van der Waals surface area contributed by atoms with Crippen LogP contribution in [-0.4, -0.2) is 5.78 Å². The Morgan fingerprint density at radius 2 is 1.23 bits per heavy atom. The zero-order chi connectivity index (χ0) is 20.7. The number of carbonyl (C=O) groups is 1. The van der Waals surface area contributed by atoms with Crippen LogP contribution in [-0.2, 0) is 0 Å². The number of ketones is 1. The number of rotatable bonds is 4. The fraction of sp³-hybridized carbons (Fsp3) is 0.0741. The predicted octanol–water partition coefficient (Wildman–Crippen LogP) is 7.00. The smallest absolute Gasteiger partial charge is 0.196 e. The van der Waals surface area contributed by atoms with E-state index in [4.69, 9.17) is 0 Å². The van der Waals surface area contributed by atoms with Gasteiger partial charge in [0.1, 0.15) is 0 Å². The molecule has 0 saturated heterocycles. The van der Waals surface area contributed by atoms with Crippen LogP contribution in [0.1, 0.15) is 27.0 Å². The normalized spacial score (nSPS) is 11.7. The monoisotopic (exact) mass is 390 g/mol. The Kier molecular flexibility index (Phi) is 4.36. The molecule has 4 aromatic carbocycles. The average molecular weight is 390 g/mol. The molecule has 5 rings (SSSR count). The number of nitrogens with one attached hydrogen (secondary N) is 2. The number of benzene rings is 4. The molecule has 0 fully saturated rings. The number of fused-ring (bicyclic) bond motifs is 3. The van der Waals surface area contributed by atoms with Gasteiger partial charge in [-0.15, -0.1) is 0 Å². The van der Waals surface area contributed by atoms with Gasteiger partial charge in [0.2, 0.25) is 0 Å². The Morgan fingerprint density at radius 3 is 1.90 bits per heavy atom. The highest BCUT2D eigenvalue weighted by Crippen LogP contribution is 2.44. The zero-order valence-electron chi connectivity index (χ0n) is 17.0. The van der Waals surface area contributed by atoms with Crippen molar-refractivity contribution in [3.63, 3.8) is 0 Å². The van der Waals surface area contributed by atoms with E-state index in [0.717, 1.165) is 50.6 Å². The molecule has 0 radical (unpaired) electrons. The summed E-state index contributed by atoms with van der Waals surface area (Å²) in [5.41, 5.74) is 9.41. The molecular weight excluding hydrogens is 368 g/mol. The summed E-state index contributed by atoms with van der Waals surface area (Å²) in [4.78, 5) is 13.4. The van der Waals surface area contributed by atoms with Gasteiger partial charge < -0.3 is 10.6 Å². The van der Waals surface area contributed by atoms with Crippen molar-refractivity contribution in [2.75, 3.05) is 10.6 Å². The molecule has 0 amide bonds. The lowest BCUT2D eigenvalue weighted by Crippen LogP contribution is -2.05. The summed E-state index contributed by atoms with van der Waals surface area (Å²) in [6, 6.07) is 28.3. The van der Waals surface area contributed by atoms with E-state index < -0.39 is 0 Å². The molecule has 30 heavy (non-hydrogen) atoms. The number of carbonyl (C=O) groups excluding carboxylic acids is 1. The maximum atomic E-state index is 13.4. The minimum absolute atomic E-state index is 0.0589. The van der Waals surface area contributed by atoms with Crippen LogP contribution in [0, 0.1) is 13.8 Å². The molecule has 0 spiro atoms. The number of hydrogen-bond donors (Lipinski definition) is 2. The molecule has 1 aliphatic carbocycles. The quantitative estimate of drug-likeness (QED) is 0.347. The van der Waals surface area contributed by atoms with Crippen LogP contribution in [0.2, 0.25) is 0 Å². The van der Waals surface area contributed by atoms with Crippen molar-refractivity contribution < 1.29 is 4.79 Å². The van der Waals surface area contributed by atoms with Crippen molar-refractivity contribution in [1.29, 1.82) is 0 Å². The van der Waals surface area contributed by atoms with Crippen LogP contribution in [0.4, 0.5) is 22.7 Å². The van der Waals surface area contributed by atoms with E-state index in [1.54, 1.807) is 0 Å². The first-order chi connectivity index (χ1) is 14.6. The zero-order valence-corrected chi connectivity index (χ0v) is 17.0. The second-order valence-corrected chi connectivity index (χ2v) is 7.77. The molecule has 0 atom stereocenters. The highest BCUT2D eigenvalue weighted by Gasteiger charge is 2.30. The lowest BCUT2D eigenvalue weighted by molar-refractivity contribution is 0.104. The molecular formula is C27H22N2O. The molecule has 0 aliphatic heterocycles. The summed E-state index contributed by atoms with van der Waals surface area (Å²) in [5.74, 6) is 0.0589. The minimum atomic E-state index is 0.0589. The third-order valence-corrected chi connectivity index (χ3v) is 5.48. The summed E-state index contributed by atoms with van der Waals surface area (Å²) >= 11 is 0. The summed E-state index contributed by atoms with van der Waals surface area (Å²) in [7, 11) is 0. The fourth-order valence-corrected chi connectivity index (χ4v) is 4.09. The molecule has 1 aliphatic rings. The lowest BCUT2D eigenvalue weighted by Gasteiger charge is -2.18. The molecule has 146 valence electrons. The van der Waals surface area contributed by atoms with Crippen LogP contribution in [0.15, 0.2) is 84.9 Å². The molecule has 3 nitrogen and oxygen atoms in total. The third kappa shape index (κ3) is 3.15. The van der Waals surface area contributed by atoms with E-state index in [9.17, 15) is 4.79 Å². The first-order valence-electron chi connectivity index (χ1n) is 10.1. The van der Waals surface area contributed by atoms with Gasteiger partial charge in [0.25, 0.3) is 0 Å². The largest absolute Gasteiger partial charge is 0.354 e. The van der Waals surface area contributed by atoms with Crippen molar-refractivity contribution in [2.45, 2.75) is 13.8 Å².